The number of aromatic nitrogens is 2. The van der Waals surface area contributed by atoms with E-state index in [9.17, 15) is 0 Å². The fraction of sp³-hybridized carbons (Fsp3) is 0.769. The van der Waals surface area contributed by atoms with E-state index >= 15 is 0 Å². The number of aryl methyl sites for hydroxylation is 1. The van der Waals surface area contributed by atoms with Crippen molar-refractivity contribution in [2.24, 2.45) is 13.0 Å². The van der Waals surface area contributed by atoms with Crippen molar-refractivity contribution in [3.63, 3.8) is 0 Å². The number of nitrogen functional groups attached to an aromatic ring is 1. The number of ether oxygens (including phenoxy) is 1. The number of anilines is 1. The number of nitrogens with two attached hydrogens (primary N) is 1. The van der Waals surface area contributed by atoms with Crippen LogP contribution in [0, 0.1) is 5.92 Å². The van der Waals surface area contributed by atoms with Crippen molar-refractivity contribution < 1.29 is 4.74 Å². The first kappa shape index (κ1) is 12.4. The second kappa shape index (κ2) is 5.08. The maximum absolute atomic E-state index is 6.13. The minimum atomic E-state index is 0.529. The van der Waals surface area contributed by atoms with Crippen molar-refractivity contribution in [1.29, 1.82) is 0 Å². The minimum absolute atomic E-state index is 0.529. The summed E-state index contributed by atoms with van der Waals surface area (Å²) in [5, 5.41) is 4.62. The third-order valence-corrected chi connectivity index (χ3v) is 3.45. The number of rotatable bonds is 3. The van der Waals surface area contributed by atoms with Crippen LogP contribution in [-0.4, -0.2) is 23.0 Å². The summed E-state index contributed by atoms with van der Waals surface area (Å²) in [5.74, 6) is 1.97. The molecule has 4 nitrogen and oxygen atoms in total. The minimum Gasteiger partial charge on any atom is -0.384 e. The van der Waals surface area contributed by atoms with Gasteiger partial charge in [0, 0.05) is 31.7 Å². The second-order valence-corrected chi connectivity index (χ2v) is 5.36. The van der Waals surface area contributed by atoms with E-state index in [1.54, 1.807) is 0 Å². The standard InChI is InChI=1S/C13H23N3O/c1-9(2)8-11-12(15-16(3)13(11)14)10-4-6-17-7-5-10/h9-10H,4-8,14H2,1-3H3. The molecule has 96 valence electrons. The van der Waals surface area contributed by atoms with E-state index < -0.39 is 0 Å². The fourth-order valence-electron chi connectivity index (χ4n) is 2.52. The van der Waals surface area contributed by atoms with E-state index in [2.05, 4.69) is 18.9 Å². The Morgan fingerprint density at radius 3 is 2.65 bits per heavy atom. The average molecular weight is 237 g/mol. The third kappa shape index (κ3) is 2.63. The summed E-state index contributed by atoms with van der Waals surface area (Å²) >= 11 is 0. The summed E-state index contributed by atoms with van der Waals surface area (Å²) in [6.45, 7) is 6.14. The molecule has 1 aromatic heterocycles. The molecule has 0 amide bonds. The lowest BCUT2D eigenvalue weighted by molar-refractivity contribution is 0.0842. The third-order valence-electron chi connectivity index (χ3n) is 3.45. The first-order chi connectivity index (χ1) is 8.09. The normalized spacial score (nSPS) is 17.9. The van der Waals surface area contributed by atoms with Crippen LogP contribution in [0.2, 0.25) is 0 Å². The Morgan fingerprint density at radius 1 is 1.41 bits per heavy atom. The zero-order valence-corrected chi connectivity index (χ0v) is 11.1. The highest BCUT2D eigenvalue weighted by Gasteiger charge is 2.24. The van der Waals surface area contributed by atoms with E-state index in [4.69, 9.17) is 10.5 Å². The van der Waals surface area contributed by atoms with Crippen molar-refractivity contribution in [3.8, 4) is 0 Å². The van der Waals surface area contributed by atoms with Crippen LogP contribution in [0.25, 0.3) is 0 Å². The monoisotopic (exact) mass is 237 g/mol. The molecule has 0 saturated carbocycles. The summed E-state index contributed by atoms with van der Waals surface area (Å²) in [5.41, 5.74) is 8.60. The van der Waals surface area contributed by atoms with Crippen LogP contribution >= 0.6 is 0 Å². The number of hydrogen-bond donors (Lipinski definition) is 1. The van der Waals surface area contributed by atoms with Gasteiger partial charge in [-0.05, 0) is 25.2 Å². The Balaban J connectivity index is 2.28. The molecular weight excluding hydrogens is 214 g/mol. The summed E-state index contributed by atoms with van der Waals surface area (Å²) in [4.78, 5) is 0. The smallest absolute Gasteiger partial charge is 0.124 e. The van der Waals surface area contributed by atoms with Gasteiger partial charge in [0.05, 0.1) is 5.69 Å². The van der Waals surface area contributed by atoms with Crippen LogP contribution in [0.4, 0.5) is 5.82 Å². The van der Waals surface area contributed by atoms with Crippen LogP contribution in [0.5, 0.6) is 0 Å². The molecule has 4 heteroatoms. The van der Waals surface area contributed by atoms with Crippen LogP contribution in [0.15, 0.2) is 0 Å². The number of hydrogen-bond acceptors (Lipinski definition) is 3. The van der Waals surface area contributed by atoms with Gasteiger partial charge in [0.2, 0.25) is 0 Å². The SMILES string of the molecule is CC(C)Cc1c(C2CCOCC2)nn(C)c1N. The molecule has 1 aliphatic rings. The Bertz CT molecular complexity index is 378. The van der Waals surface area contributed by atoms with Crippen LogP contribution in [0.3, 0.4) is 0 Å². The van der Waals surface area contributed by atoms with Gasteiger partial charge in [-0.15, -0.1) is 0 Å². The Labute approximate surface area is 103 Å². The van der Waals surface area contributed by atoms with Crippen molar-refractivity contribution in [3.05, 3.63) is 11.3 Å². The Hall–Kier alpha value is -1.03. The van der Waals surface area contributed by atoms with Gasteiger partial charge in [0.15, 0.2) is 0 Å². The molecule has 0 aliphatic carbocycles. The van der Waals surface area contributed by atoms with Gasteiger partial charge in [0.25, 0.3) is 0 Å². The molecule has 1 saturated heterocycles. The van der Waals surface area contributed by atoms with Gasteiger partial charge in [-0.2, -0.15) is 5.10 Å². The Morgan fingerprint density at radius 2 is 2.06 bits per heavy atom. The predicted molar refractivity (Wildman–Crippen MR) is 69.0 cm³/mol. The lowest BCUT2D eigenvalue weighted by Gasteiger charge is -2.21. The molecule has 2 heterocycles. The summed E-state index contributed by atoms with van der Waals surface area (Å²) in [7, 11) is 1.93. The van der Waals surface area contributed by atoms with Crippen LogP contribution < -0.4 is 5.73 Å². The topological polar surface area (TPSA) is 53.1 Å². The van der Waals surface area contributed by atoms with E-state index in [1.807, 2.05) is 11.7 Å². The van der Waals surface area contributed by atoms with Gasteiger partial charge >= 0.3 is 0 Å². The molecule has 17 heavy (non-hydrogen) atoms. The van der Waals surface area contributed by atoms with Gasteiger partial charge in [-0.3, -0.25) is 4.68 Å². The van der Waals surface area contributed by atoms with E-state index in [-0.39, 0.29) is 0 Å². The van der Waals surface area contributed by atoms with Crippen molar-refractivity contribution in [2.45, 2.75) is 39.0 Å². The molecular formula is C13H23N3O. The second-order valence-electron chi connectivity index (χ2n) is 5.36. The molecule has 2 rings (SSSR count). The number of nitrogens with zero attached hydrogens (tertiary/aromatic N) is 2. The summed E-state index contributed by atoms with van der Waals surface area (Å²) < 4.78 is 7.24. The molecule has 1 fully saturated rings. The maximum Gasteiger partial charge on any atom is 0.124 e. The zero-order valence-electron chi connectivity index (χ0n) is 11.1. The first-order valence-corrected chi connectivity index (χ1v) is 6.48. The van der Waals surface area contributed by atoms with Gasteiger partial charge < -0.3 is 10.5 Å². The molecule has 0 aromatic carbocycles. The van der Waals surface area contributed by atoms with Crippen LogP contribution in [-0.2, 0) is 18.2 Å². The highest BCUT2D eigenvalue weighted by Crippen LogP contribution is 2.32. The molecule has 0 bridgehead atoms. The van der Waals surface area contributed by atoms with Crippen molar-refractivity contribution in [2.75, 3.05) is 18.9 Å². The molecule has 1 aliphatic heterocycles. The van der Waals surface area contributed by atoms with E-state index in [1.165, 1.54) is 11.3 Å². The molecule has 0 unspecified atom stereocenters. The van der Waals surface area contributed by atoms with Gasteiger partial charge in [-0.1, -0.05) is 13.8 Å². The van der Waals surface area contributed by atoms with E-state index in [0.717, 1.165) is 38.3 Å². The van der Waals surface area contributed by atoms with E-state index in [0.29, 0.717) is 11.8 Å². The zero-order chi connectivity index (χ0) is 12.4. The molecule has 1 aromatic rings. The fourth-order valence-corrected chi connectivity index (χ4v) is 2.52. The van der Waals surface area contributed by atoms with Crippen molar-refractivity contribution >= 4 is 5.82 Å². The molecule has 0 spiro atoms. The summed E-state index contributed by atoms with van der Waals surface area (Å²) in [6.07, 6.45) is 3.16. The average Bonchev–Trinajstić information content (AvgIpc) is 2.58. The predicted octanol–water partition coefficient (Wildman–Crippen LogP) is 2.09. The highest BCUT2D eigenvalue weighted by atomic mass is 16.5. The molecule has 2 N–H and O–H groups in total. The summed E-state index contributed by atoms with van der Waals surface area (Å²) in [6, 6.07) is 0. The van der Waals surface area contributed by atoms with Crippen molar-refractivity contribution in [1.82, 2.24) is 9.78 Å². The van der Waals surface area contributed by atoms with Gasteiger partial charge in [0.1, 0.15) is 5.82 Å². The maximum atomic E-state index is 6.13. The van der Waals surface area contributed by atoms with Crippen LogP contribution in [0.1, 0.15) is 43.9 Å². The van der Waals surface area contributed by atoms with Gasteiger partial charge in [-0.25, -0.2) is 0 Å². The first-order valence-electron chi connectivity index (χ1n) is 6.48. The molecule has 0 atom stereocenters. The Kier molecular flexibility index (Phi) is 3.72. The quantitative estimate of drug-likeness (QED) is 0.876. The largest absolute Gasteiger partial charge is 0.384 e. The lowest BCUT2D eigenvalue weighted by Crippen LogP contribution is -2.16. The lowest BCUT2D eigenvalue weighted by atomic mass is 9.91. The molecule has 0 radical (unpaired) electrons. The highest BCUT2D eigenvalue weighted by molar-refractivity contribution is 5.45.